The van der Waals surface area contributed by atoms with Crippen LogP contribution in [0.5, 0.6) is 5.88 Å². The number of guanidine groups is 1. The predicted molar refractivity (Wildman–Crippen MR) is 80.9 cm³/mol. The molecule has 108 valence electrons. The van der Waals surface area contributed by atoms with Crippen molar-refractivity contribution in [2.45, 2.75) is 19.4 Å². The Balaban J connectivity index is 1.81. The number of hydrogen-bond acceptors (Lipinski definition) is 3. The van der Waals surface area contributed by atoms with Gasteiger partial charge in [0.15, 0.2) is 5.96 Å². The standard InChI is InChI=1S/C15H22N4O/c1-3-7-18-15(16-2)19-10-13-6-8-17-14(9-13)20-11-12-4-5-12/h3,6,8-9,12H,1,4-5,7,10-11H2,2H3,(H2,16,18,19). The van der Waals surface area contributed by atoms with Gasteiger partial charge in [0.05, 0.1) is 6.61 Å². The molecule has 1 heterocycles. The third-order valence-electron chi connectivity index (χ3n) is 3.06. The molecule has 1 fully saturated rings. The highest BCUT2D eigenvalue weighted by atomic mass is 16.5. The van der Waals surface area contributed by atoms with Gasteiger partial charge in [-0.1, -0.05) is 6.08 Å². The van der Waals surface area contributed by atoms with Crippen LogP contribution in [0.2, 0.25) is 0 Å². The van der Waals surface area contributed by atoms with E-state index in [1.807, 2.05) is 12.1 Å². The summed E-state index contributed by atoms with van der Waals surface area (Å²) in [5.41, 5.74) is 1.12. The van der Waals surface area contributed by atoms with Crippen LogP contribution in [0.4, 0.5) is 0 Å². The van der Waals surface area contributed by atoms with Gasteiger partial charge in [0.25, 0.3) is 0 Å². The minimum Gasteiger partial charge on any atom is -0.477 e. The molecule has 1 aromatic rings. The summed E-state index contributed by atoms with van der Waals surface area (Å²) in [5.74, 6) is 2.19. The highest BCUT2D eigenvalue weighted by Crippen LogP contribution is 2.29. The minimum atomic E-state index is 0.680. The molecule has 0 unspecified atom stereocenters. The Bertz CT molecular complexity index is 469. The van der Waals surface area contributed by atoms with Crippen LogP contribution in [-0.4, -0.2) is 31.1 Å². The molecule has 20 heavy (non-hydrogen) atoms. The molecule has 0 spiro atoms. The minimum absolute atomic E-state index is 0.680. The normalized spacial score (nSPS) is 14.8. The first-order chi connectivity index (χ1) is 9.81. The van der Waals surface area contributed by atoms with E-state index in [2.05, 4.69) is 27.2 Å². The van der Waals surface area contributed by atoms with E-state index in [1.54, 1.807) is 19.3 Å². The summed E-state index contributed by atoms with van der Waals surface area (Å²) in [5, 5.41) is 6.36. The van der Waals surface area contributed by atoms with Gasteiger partial charge in [-0.3, -0.25) is 4.99 Å². The van der Waals surface area contributed by atoms with Crippen LogP contribution in [0.25, 0.3) is 0 Å². The second kappa shape index (κ2) is 7.53. The molecule has 2 N–H and O–H groups in total. The van der Waals surface area contributed by atoms with E-state index >= 15 is 0 Å². The Kier molecular flexibility index (Phi) is 5.41. The lowest BCUT2D eigenvalue weighted by molar-refractivity contribution is 0.288. The van der Waals surface area contributed by atoms with E-state index in [-0.39, 0.29) is 0 Å². The van der Waals surface area contributed by atoms with Crippen LogP contribution in [0, 0.1) is 5.92 Å². The van der Waals surface area contributed by atoms with Crippen molar-refractivity contribution in [1.82, 2.24) is 15.6 Å². The number of nitrogens with one attached hydrogen (secondary N) is 2. The Labute approximate surface area is 120 Å². The SMILES string of the molecule is C=CCNC(=NC)NCc1ccnc(OCC2CC2)c1. The molecule has 0 saturated heterocycles. The zero-order chi connectivity index (χ0) is 14.2. The van der Waals surface area contributed by atoms with Gasteiger partial charge in [0, 0.05) is 32.4 Å². The molecule has 1 aliphatic carbocycles. The lowest BCUT2D eigenvalue weighted by Crippen LogP contribution is -2.36. The fourth-order valence-corrected chi connectivity index (χ4v) is 1.70. The van der Waals surface area contributed by atoms with Gasteiger partial charge in [-0.05, 0) is 30.4 Å². The molecule has 0 amide bonds. The molecular weight excluding hydrogens is 252 g/mol. The summed E-state index contributed by atoms with van der Waals surface area (Å²) < 4.78 is 5.67. The van der Waals surface area contributed by atoms with E-state index in [0.717, 1.165) is 24.0 Å². The molecule has 1 saturated carbocycles. The molecule has 0 aliphatic heterocycles. The van der Waals surface area contributed by atoms with E-state index in [1.165, 1.54) is 12.8 Å². The molecule has 5 heteroatoms. The van der Waals surface area contributed by atoms with Crippen molar-refractivity contribution in [1.29, 1.82) is 0 Å². The van der Waals surface area contributed by atoms with E-state index in [4.69, 9.17) is 4.74 Å². The second-order valence-corrected chi connectivity index (χ2v) is 4.85. The average molecular weight is 274 g/mol. The van der Waals surface area contributed by atoms with Gasteiger partial charge in [0.1, 0.15) is 0 Å². The lowest BCUT2D eigenvalue weighted by Gasteiger charge is -2.11. The monoisotopic (exact) mass is 274 g/mol. The first-order valence-corrected chi connectivity index (χ1v) is 6.95. The first-order valence-electron chi connectivity index (χ1n) is 6.95. The molecule has 5 nitrogen and oxygen atoms in total. The van der Waals surface area contributed by atoms with Crippen molar-refractivity contribution in [3.8, 4) is 5.88 Å². The van der Waals surface area contributed by atoms with Crippen LogP contribution in [-0.2, 0) is 6.54 Å². The Morgan fingerprint density at radius 2 is 2.40 bits per heavy atom. The molecular formula is C15H22N4O. The maximum Gasteiger partial charge on any atom is 0.213 e. The number of aromatic nitrogens is 1. The molecule has 0 atom stereocenters. The van der Waals surface area contributed by atoms with Crippen LogP contribution < -0.4 is 15.4 Å². The number of nitrogens with zero attached hydrogens (tertiary/aromatic N) is 2. The Hall–Kier alpha value is -2.04. The summed E-state index contributed by atoms with van der Waals surface area (Å²) in [6.07, 6.45) is 6.14. The summed E-state index contributed by atoms with van der Waals surface area (Å²) in [6.45, 7) is 5.82. The topological polar surface area (TPSA) is 58.5 Å². The fraction of sp³-hybridized carbons (Fsp3) is 0.467. The Morgan fingerprint density at radius 1 is 1.55 bits per heavy atom. The van der Waals surface area contributed by atoms with Crippen LogP contribution in [0.3, 0.4) is 0 Å². The maximum absolute atomic E-state index is 5.67. The number of aliphatic imine (C=N–C) groups is 1. The van der Waals surface area contributed by atoms with Crippen molar-refractivity contribution in [3.05, 3.63) is 36.5 Å². The quantitative estimate of drug-likeness (QED) is 0.451. The maximum atomic E-state index is 5.67. The Morgan fingerprint density at radius 3 is 3.10 bits per heavy atom. The van der Waals surface area contributed by atoms with Crippen LogP contribution in [0.15, 0.2) is 36.0 Å². The van der Waals surface area contributed by atoms with Crippen molar-refractivity contribution < 1.29 is 4.74 Å². The van der Waals surface area contributed by atoms with Gasteiger partial charge >= 0.3 is 0 Å². The lowest BCUT2D eigenvalue weighted by atomic mass is 10.2. The molecule has 1 aliphatic rings. The van der Waals surface area contributed by atoms with Crippen molar-refractivity contribution in [2.24, 2.45) is 10.9 Å². The molecule has 0 aromatic carbocycles. The number of pyridine rings is 1. The average Bonchev–Trinajstić information content (AvgIpc) is 3.30. The predicted octanol–water partition coefficient (Wildman–Crippen LogP) is 1.72. The van der Waals surface area contributed by atoms with Crippen molar-refractivity contribution in [2.75, 3.05) is 20.2 Å². The summed E-state index contributed by atoms with van der Waals surface area (Å²) >= 11 is 0. The third kappa shape index (κ3) is 4.91. The second-order valence-electron chi connectivity index (χ2n) is 4.85. The van der Waals surface area contributed by atoms with Gasteiger partial charge < -0.3 is 15.4 Å². The van der Waals surface area contributed by atoms with E-state index in [0.29, 0.717) is 19.0 Å². The van der Waals surface area contributed by atoms with Crippen LogP contribution in [0.1, 0.15) is 18.4 Å². The molecule has 2 rings (SSSR count). The van der Waals surface area contributed by atoms with Crippen molar-refractivity contribution >= 4 is 5.96 Å². The van der Waals surface area contributed by atoms with E-state index in [9.17, 15) is 0 Å². The summed E-state index contributed by atoms with van der Waals surface area (Å²) in [6, 6.07) is 3.94. The van der Waals surface area contributed by atoms with Gasteiger partial charge in [-0.2, -0.15) is 0 Å². The largest absolute Gasteiger partial charge is 0.477 e. The third-order valence-corrected chi connectivity index (χ3v) is 3.06. The summed E-state index contributed by atoms with van der Waals surface area (Å²) in [4.78, 5) is 8.36. The van der Waals surface area contributed by atoms with Crippen LogP contribution >= 0.6 is 0 Å². The highest BCUT2D eigenvalue weighted by Gasteiger charge is 2.22. The smallest absolute Gasteiger partial charge is 0.213 e. The fourth-order valence-electron chi connectivity index (χ4n) is 1.70. The van der Waals surface area contributed by atoms with Gasteiger partial charge in [-0.15, -0.1) is 6.58 Å². The first kappa shape index (κ1) is 14.4. The zero-order valence-corrected chi connectivity index (χ0v) is 11.9. The summed E-state index contributed by atoms with van der Waals surface area (Å²) in [7, 11) is 1.75. The molecule has 1 aromatic heterocycles. The van der Waals surface area contributed by atoms with Crippen molar-refractivity contribution in [3.63, 3.8) is 0 Å². The zero-order valence-electron chi connectivity index (χ0n) is 11.9. The number of ether oxygens (including phenoxy) is 1. The highest BCUT2D eigenvalue weighted by molar-refractivity contribution is 5.79. The van der Waals surface area contributed by atoms with Gasteiger partial charge in [0.2, 0.25) is 5.88 Å². The van der Waals surface area contributed by atoms with Gasteiger partial charge in [-0.25, -0.2) is 4.98 Å². The van der Waals surface area contributed by atoms with E-state index < -0.39 is 0 Å². The molecule has 0 radical (unpaired) electrons. The molecule has 0 bridgehead atoms. The number of rotatable bonds is 7. The number of hydrogen-bond donors (Lipinski definition) is 2.